The van der Waals surface area contributed by atoms with E-state index >= 15 is 0 Å². The molecule has 3 unspecified atom stereocenters. The van der Waals surface area contributed by atoms with Gasteiger partial charge in [-0.15, -0.1) is 0 Å². The third kappa shape index (κ3) is 2.74. The summed E-state index contributed by atoms with van der Waals surface area (Å²) in [7, 11) is 1.38. The largest absolute Gasteiger partial charge is 0.468 e. The highest BCUT2D eigenvalue weighted by atomic mass is 16.5. The summed E-state index contributed by atoms with van der Waals surface area (Å²) in [6.45, 7) is 4.19. The lowest BCUT2D eigenvalue weighted by molar-refractivity contribution is -0.144. The SMILES string of the molecule is CCCCCC1NC(=N)C(C(=O)OC)C1C. The molecule has 92 valence electrons. The van der Waals surface area contributed by atoms with Gasteiger partial charge in [0.2, 0.25) is 0 Å². The lowest BCUT2D eigenvalue weighted by atomic mass is 9.89. The lowest BCUT2D eigenvalue weighted by Crippen LogP contribution is -2.28. The van der Waals surface area contributed by atoms with E-state index in [1.165, 1.54) is 20.0 Å². The molecule has 3 atom stereocenters. The van der Waals surface area contributed by atoms with Gasteiger partial charge in [-0.3, -0.25) is 10.2 Å². The molecule has 1 heterocycles. The molecule has 0 radical (unpaired) electrons. The van der Waals surface area contributed by atoms with E-state index in [0.717, 1.165) is 12.8 Å². The van der Waals surface area contributed by atoms with Gasteiger partial charge in [-0.25, -0.2) is 0 Å². The number of hydrogen-bond acceptors (Lipinski definition) is 3. The van der Waals surface area contributed by atoms with Crippen molar-refractivity contribution in [1.29, 1.82) is 5.41 Å². The predicted octanol–water partition coefficient (Wildman–Crippen LogP) is 1.94. The zero-order valence-corrected chi connectivity index (χ0v) is 10.4. The van der Waals surface area contributed by atoms with Crippen molar-refractivity contribution in [2.24, 2.45) is 11.8 Å². The Morgan fingerprint density at radius 3 is 2.75 bits per heavy atom. The van der Waals surface area contributed by atoms with E-state index in [-0.39, 0.29) is 17.9 Å². The third-order valence-electron chi connectivity index (χ3n) is 3.39. The van der Waals surface area contributed by atoms with Crippen LogP contribution in [0.4, 0.5) is 0 Å². The van der Waals surface area contributed by atoms with Crippen LogP contribution >= 0.6 is 0 Å². The molecule has 0 bridgehead atoms. The van der Waals surface area contributed by atoms with Crippen molar-refractivity contribution in [3.8, 4) is 0 Å². The summed E-state index contributed by atoms with van der Waals surface area (Å²) in [5.41, 5.74) is 0. The minimum absolute atomic E-state index is 0.164. The summed E-state index contributed by atoms with van der Waals surface area (Å²) in [5.74, 6) is -0.197. The van der Waals surface area contributed by atoms with Crippen LogP contribution in [0.1, 0.15) is 39.5 Å². The van der Waals surface area contributed by atoms with E-state index in [0.29, 0.717) is 5.84 Å². The Labute approximate surface area is 97.3 Å². The fourth-order valence-electron chi connectivity index (χ4n) is 2.32. The number of amidine groups is 1. The van der Waals surface area contributed by atoms with Crippen LogP contribution in [0, 0.1) is 17.2 Å². The van der Waals surface area contributed by atoms with Gasteiger partial charge >= 0.3 is 5.97 Å². The van der Waals surface area contributed by atoms with Gasteiger partial charge < -0.3 is 10.1 Å². The summed E-state index contributed by atoms with van der Waals surface area (Å²) >= 11 is 0. The Morgan fingerprint density at radius 2 is 2.19 bits per heavy atom. The second kappa shape index (κ2) is 5.87. The van der Waals surface area contributed by atoms with E-state index in [9.17, 15) is 4.79 Å². The number of esters is 1. The second-order valence-electron chi connectivity index (χ2n) is 4.52. The Hall–Kier alpha value is -1.06. The van der Waals surface area contributed by atoms with Crippen molar-refractivity contribution in [2.45, 2.75) is 45.6 Å². The molecule has 1 saturated heterocycles. The predicted molar refractivity (Wildman–Crippen MR) is 63.5 cm³/mol. The number of hydrogen-bond donors (Lipinski definition) is 2. The molecule has 1 aliphatic heterocycles. The number of carbonyl (C=O) groups is 1. The average molecular weight is 226 g/mol. The molecule has 0 aromatic heterocycles. The number of methoxy groups -OCH3 is 1. The van der Waals surface area contributed by atoms with Gasteiger partial charge in [-0.05, 0) is 12.3 Å². The quantitative estimate of drug-likeness (QED) is 0.556. The highest BCUT2D eigenvalue weighted by Gasteiger charge is 2.41. The van der Waals surface area contributed by atoms with Crippen LogP contribution in [0.2, 0.25) is 0 Å². The first-order chi connectivity index (χ1) is 7.61. The maximum absolute atomic E-state index is 11.5. The molecule has 1 rings (SSSR count). The molecule has 0 amide bonds. The molecule has 4 heteroatoms. The van der Waals surface area contributed by atoms with Crippen molar-refractivity contribution >= 4 is 11.8 Å². The van der Waals surface area contributed by atoms with Crippen molar-refractivity contribution in [2.75, 3.05) is 7.11 Å². The molecule has 1 aliphatic rings. The average Bonchev–Trinajstić information content (AvgIpc) is 2.54. The number of unbranched alkanes of at least 4 members (excludes halogenated alkanes) is 2. The topological polar surface area (TPSA) is 62.2 Å². The first kappa shape index (κ1) is 13.0. The molecule has 0 spiro atoms. The molecular formula is C12H22N2O2. The normalized spacial score (nSPS) is 28.9. The molecular weight excluding hydrogens is 204 g/mol. The molecule has 0 saturated carbocycles. The number of carbonyl (C=O) groups excluding carboxylic acids is 1. The summed E-state index contributed by atoms with van der Waals surface area (Å²) in [6.07, 6.45) is 4.59. The molecule has 0 aliphatic carbocycles. The standard InChI is InChI=1S/C12H22N2O2/c1-4-5-6-7-9-8(2)10(11(13)14-9)12(15)16-3/h8-10H,4-7H2,1-3H3,(H2,13,14). The molecule has 0 aromatic rings. The fourth-order valence-corrected chi connectivity index (χ4v) is 2.32. The van der Waals surface area contributed by atoms with Crippen LogP contribution in [-0.2, 0) is 9.53 Å². The van der Waals surface area contributed by atoms with Crippen molar-refractivity contribution < 1.29 is 9.53 Å². The molecule has 1 fully saturated rings. The van der Waals surface area contributed by atoms with Crippen molar-refractivity contribution in [1.82, 2.24) is 5.32 Å². The van der Waals surface area contributed by atoms with Gasteiger partial charge in [-0.2, -0.15) is 0 Å². The summed E-state index contributed by atoms with van der Waals surface area (Å²) < 4.78 is 4.73. The highest BCUT2D eigenvalue weighted by Crippen LogP contribution is 2.27. The van der Waals surface area contributed by atoms with E-state index < -0.39 is 5.92 Å². The minimum atomic E-state index is -0.392. The molecule has 2 N–H and O–H groups in total. The van der Waals surface area contributed by atoms with Crippen molar-refractivity contribution in [3.63, 3.8) is 0 Å². The highest BCUT2D eigenvalue weighted by molar-refractivity contribution is 6.01. The van der Waals surface area contributed by atoms with Gasteiger partial charge in [0.15, 0.2) is 0 Å². The van der Waals surface area contributed by atoms with Gasteiger partial charge in [0, 0.05) is 6.04 Å². The zero-order chi connectivity index (χ0) is 12.1. The molecule has 16 heavy (non-hydrogen) atoms. The van der Waals surface area contributed by atoms with Crippen LogP contribution in [-0.4, -0.2) is 25.0 Å². The van der Waals surface area contributed by atoms with E-state index in [2.05, 4.69) is 12.2 Å². The smallest absolute Gasteiger partial charge is 0.316 e. The monoisotopic (exact) mass is 226 g/mol. The van der Waals surface area contributed by atoms with Gasteiger partial charge in [-0.1, -0.05) is 33.1 Å². The summed E-state index contributed by atoms with van der Waals surface area (Å²) in [4.78, 5) is 11.5. The van der Waals surface area contributed by atoms with Gasteiger partial charge in [0.05, 0.1) is 7.11 Å². The van der Waals surface area contributed by atoms with Crippen LogP contribution in [0.5, 0.6) is 0 Å². The Kier molecular flexibility index (Phi) is 4.77. The first-order valence-electron chi connectivity index (χ1n) is 6.04. The fraction of sp³-hybridized carbons (Fsp3) is 0.833. The Bertz CT molecular complexity index is 266. The second-order valence-corrected chi connectivity index (χ2v) is 4.52. The van der Waals surface area contributed by atoms with Crippen molar-refractivity contribution in [3.05, 3.63) is 0 Å². The molecule has 4 nitrogen and oxygen atoms in total. The van der Waals surface area contributed by atoms with E-state index in [1.807, 2.05) is 6.92 Å². The zero-order valence-electron chi connectivity index (χ0n) is 10.4. The minimum Gasteiger partial charge on any atom is -0.468 e. The Morgan fingerprint density at radius 1 is 1.50 bits per heavy atom. The maximum Gasteiger partial charge on any atom is 0.316 e. The first-order valence-corrected chi connectivity index (χ1v) is 6.04. The number of ether oxygens (including phenoxy) is 1. The van der Waals surface area contributed by atoms with Crippen LogP contribution in [0.15, 0.2) is 0 Å². The summed E-state index contributed by atoms with van der Waals surface area (Å²) in [6, 6.07) is 0.253. The van der Waals surface area contributed by atoms with E-state index in [1.54, 1.807) is 0 Å². The van der Waals surface area contributed by atoms with Crippen LogP contribution < -0.4 is 5.32 Å². The third-order valence-corrected chi connectivity index (χ3v) is 3.39. The number of nitrogens with one attached hydrogen (secondary N) is 2. The van der Waals surface area contributed by atoms with E-state index in [4.69, 9.17) is 10.1 Å². The summed E-state index contributed by atoms with van der Waals surface area (Å²) in [5, 5.41) is 10.9. The van der Waals surface area contributed by atoms with Gasteiger partial charge in [0.25, 0.3) is 0 Å². The number of rotatable bonds is 5. The maximum atomic E-state index is 11.5. The van der Waals surface area contributed by atoms with Crippen LogP contribution in [0.25, 0.3) is 0 Å². The van der Waals surface area contributed by atoms with Gasteiger partial charge in [0.1, 0.15) is 11.8 Å². The van der Waals surface area contributed by atoms with Crippen LogP contribution in [0.3, 0.4) is 0 Å². The Balaban J connectivity index is 2.53. The lowest BCUT2D eigenvalue weighted by Gasteiger charge is -2.17. The molecule has 0 aromatic carbocycles.